The summed E-state index contributed by atoms with van der Waals surface area (Å²) in [7, 11) is 0. The van der Waals surface area contributed by atoms with Gasteiger partial charge in [0, 0.05) is 52.8 Å². The number of rotatable bonds is 3. The number of carboxylic acids is 1. The van der Waals surface area contributed by atoms with Gasteiger partial charge in [-0.05, 0) is 108 Å². The summed E-state index contributed by atoms with van der Waals surface area (Å²) in [6.07, 6.45) is 9.71. The smallest absolute Gasteiger partial charge is 0.336 e. The largest absolute Gasteiger partial charge is 0.478 e. The van der Waals surface area contributed by atoms with Gasteiger partial charge in [0.05, 0.1) is 22.8 Å². The Morgan fingerprint density at radius 3 is 1.50 bits per heavy atom. The van der Waals surface area contributed by atoms with Crippen LogP contribution in [-0.2, 0) is 0 Å². The second-order valence-corrected chi connectivity index (χ2v) is 11.0. The van der Waals surface area contributed by atoms with E-state index in [0.29, 0.717) is 33.6 Å². The molecule has 0 aliphatic rings. The first-order chi connectivity index (χ1) is 23.1. The molecule has 1 N–H and O–H groups in total. The van der Waals surface area contributed by atoms with Crippen LogP contribution >= 0.6 is 27.5 Å². The van der Waals surface area contributed by atoms with Crippen LogP contribution in [0.25, 0.3) is 22.8 Å². The molecule has 0 radical (unpaired) electrons. The summed E-state index contributed by atoms with van der Waals surface area (Å²) >= 11 is 8.59. The Hall–Kier alpha value is -5.88. The van der Waals surface area contributed by atoms with E-state index in [9.17, 15) is 4.79 Å². The fourth-order valence-corrected chi connectivity index (χ4v) is 4.31. The Balaban J connectivity index is 0.000000181. The summed E-state index contributed by atoms with van der Waals surface area (Å²) in [6.45, 7) is 5.77. The molecule has 3 aromatic heterocycles. The van der Waals surface area contributed by atoms with Gasteiger partial charge in [0.1, 0.15) is 6.07 Å². The molecular formula is C36H28BrClN8O2. The molecule has 0 saturated carbocycles. The number of aryl methyl sites for hydroxylation is 3. The number of nitriles is 2. The van der Waals surface area contributed by atoms with Crippen molar-refractivity contribution in [3.63, 3.8) is 0 Å². The molecule has 0 atom stereocenters. The normalized spacial score (nSPS) is 9.48. The highest BCUT2D eigenvalue weighted by atomic mass is 79.9. The van der Waals surface area contributed by atoms with Crippen molar-refractivity contribution in [1.29, 1.82) is 10.5 Å². The number of benzene rings is 3. The van der Waals surface area contributed by atoms with Crippen molar-refractivity contribution in [3.8, 4) is 34.9 Å². The van der Waals surface area contributed by atoms with Crippen LogP contribution in [0.1, 0.15) is 38.2 Å². The van der Waals surface area contributed by atoms with E-state index in [4.69, 9.17) is 27.2 Å². The first-order valence-corrected chi connectivity index (χ1v) is 15.3. The zero-order chi connectivity index (χ0) is 34.9. The molecule has 0 fully saturated rings. The molecular weight excluding hydrogens is 692 g/mol. The van der Waals surface area contributed by atoms with Gasteiger partial charge in [0.25, 0.3) is 0 Å². The first kappa shape index (κ1) is 36.6. The van der Waals surface area contributed by atoms with Crippen LogP contribution < -0.4 is 0 Å². The molecule has 0 aliphatic heterocycles. The second kappa shape index (κ2) is 18.9. The lowest BCUT2D eigenvalue weighted by atomic mass is 10.0. The summed E-state index contributed by atoms with van der Waals surface area (Å²) in [5.41, 5.74) is 5.93. The van der Waals surface area contributed by atoms with Crippen LogP contribution in [0.5, 0.6) is 0 Å². The molecule has 48 heavy (non-hydrogen) atoms. The molecule has 12 heteroatoms. The van der Waals surface area contributed by atoms with E-state index in [1.54, 1.807) is 67.5 Å². The summed E-state index contributed by atoms with van der Waals surface area (Å²) in [6, 6.07) is 26.0. The Bertz CT molecular complexity index is 2040. The maximum absolute atomic E-state index is 11.1. The van der Waals surface area contributed by atoms with Crippen molar-refractivity contribution in [2.24, 2.45) is 0 Å². The number of aromatic carboxylic acids is 1. The monoisotopic (exact) mass is 718 g/mol. The summed E-state index contributed by atoms with van der Waals surface area (Å²) in [5.74, 6) is 0.0557. The Labute approximate surface area is 291 Å². The van der Waals surface area contributed by atoms with Gasteiger partial charge in [-0.3, -0.25) is 0 Å². The van der Waals surface area contributed by atoms with Crippen LogP contribution in [0.2, 0.25) is 5.28 Å². The Morgan fingerprint density at radius 1 is 0.646 bits per heavy atom. The quantitative estimate of drug-likeness (QED) is 0.176. The summed E-state index contributed by atoms with van der Waals surface area (Å²) in [5, 5.41) is 27.0. The highest BCUT2D eigenvalue weighted by molar-refractivity contribution is 9.10. The number of nitrogens with zero attached hydrogens (tertiary/aromatic N) is 8. The molecule has 3 aromatic carbocycles. The number of halogens is 2. The van der Waals surface area contributed by atoms with Gasteiger partial charge in [0.15, 0.2) is 11.6 Å². The molecule has 0 spiro atoms. The van der Waals surface area contributed by atoms with Gasteiger partial charge in [-0.2, -0.15) is 10.5 Å². The van der Waals surface area contributed by atoms with E-state index in [1.807, 2.05) is 63.2 Å². The zero-order valence-electron chi connectivity index (χ0n) is 26.1. The van der Waals surface area contributed by atoms with Gasteiger partial charge >= 0.3 is 5.97 Å². The van der Waals surface area contributed by atoms with E-state index in [2.05, 4.69) is 58.0 Å². The minimum Gasteiger partial charge on any atom is -0.478 e. The number of carboxylic acid groups (broad SMARTS) is 1. The fourth-order valence-electron chi connectivity index (χ4n) is 3.86. The minimum atomic E-state index is -0.967. The van der Waals surface area contributed by atoms with Crippen LogP contribution in [0.3, 0.4) is 0 Å². The number of carbonyl (C=O) groups is 1. The maximum Gasteiger partial charge on any atom is 0.336 e. The van der Waals surface area contributed by atoms with Crippen molar-refractivity contribution in [1.82, 2.24) is 29.9 Å². The topological polar surface area (TPSA) is 162 Å². The van der Waals surface area contributed by atoms with Crippen molar-refractivity contribution in [3.05, 3.63) is 153 Å². The summed E-state index contributed by atoms with van der Waals surface area (Å²) in [4.78, 5) is 34.7. The third-order valence-electron chi connectivity index (χ3n) is 6.09. The molecule has 6 aromatic rings. The van der Waals surface area contributed by atoms with Crippen LogP contribution in [0.4, 0.5) is 0 Å². The molecule has 10 nitrogen and oxygen atoms in total. The highest BCUT2D eigenvalue weighted by Crippen LogP contribution is 2.22. The number of aromatic nitrogens is 6. The second-order valence-electron chi connectivity index (χ2n) is 9.77. The van der Waals surface area contributed by atoms with Gasteiger partial charge in [-0.15, -0.1) is 0 Å². The predicted octanol–water partition coefficient (Wildman–Crippen LogP) is 8.23. The van der Waals surface area contributed by atoms with Crippen molar-refractivity contribution >= 4 is 33.5 Å². The van der Waals surface area contributed by atoms with Gasteiger partial charge in [0.2, 0.25) is 5.28 Å². The predicted molar refractivity (Wildman–Crippen MR) is 187 cm³/mol. The van der Waals surface area contributed by atoms with E-state index < -0.39 is 5.97 Å². The van der Waals surface area contributed by atoms with Crippen molar-refractivity contribution < 1.29 is 9.90 Å². The lowest BCUT2D eigenvalue weighted by Crippen LogP contribution is -2.01. The molecule has 6 rings (SSSR count). The van der Waals surface area contributed by atoms with Crippen molar-refractivity contribution in [2.75, 3.05) is 0 Å². The summed E-state index contributed by atoms with van der Waals surface area (Å²) < 4.78 is 0.862. The molecule has 0 aliphatic carbocycles. The average Bonchev–Trinajstić information content (AvgIpc) is 3.11. The van der Waals surface area contributed by atoms with Crippen LogP contribution in [0.15, 0.2) is 114 Å². The molecule has 0 amide bonds. The number of hydrogen-bond donors (Lipinski definition) is 1. The molecule has 0 bridgehead atoms. The third kappa shape index (κ3) is 11.5. The highest BCUT2D eigenvalue weighted by Gasteiger charge is 2.13. The fraction of sp³-hybridized carbons (Fsp3) is 0.0833. The standard InChI is InChI=1S/C12H9N3.C12H10N2O2.C8H6BrN.C4H3ClN2/c1-9-3-4-11(10(7-9)8-13)12-14-5-2-6-15-12;1-8-3-4-9(10(7-8)12(15)16)11-13-5-2-6-14-11;1-6-2-3-8(9)7(4-6)5-10;5-4-6-2-1-3-7-4/h2-7H,1H3;2-7H,1H3,(H,15,16);2-4H,1H3;1-3H. The van der Waals surface area contributed by atoms with E-state index in [1.165, 1.54) is 0 Å². The molecule has 238 valence electrons. The molecule has 0 unspecified atom stereocenters. The minimum absolute atomic E-state index is 0.228. The lowest BCUT2D eigenvalue weighted by Gasteiger charge is -2.05. The molecule has 0 saturated heterocycles. The lowest BCUT2D eigenvalue weighted by molar-refractivity contribution is 0.0697. The van der Waals surface area contributed by atoms with Crippen LogP contribution in [0, 0.1) is 43.4 Å². The maximum atomic E-state index is 11.1. The van der Waals surface area contributed by atoms with E-state index >= 15 is 0 Å². The SMILES string of the molecule is Cc1ccc(-c2ncccn2)c(C#N)c1.Cc1ccc(-c2ncccn2)c(C(=O)O)c1.Cc1ccc(Br)c(C#N)c1.Clc1ncccn1. The average molecular weight is 720 g/mol. The van der Waals surface area contributed by atoms with Crippen LogP contribution in [-0.4, -0.2) is 41.0 Å². The van der Waals surface area contributed by atoms with E-state index in [-0.39, 0.29) is 5.56 Å². The molecule has 3 heterocycles. The Kier molecular flexibility index (Phi) is 14.4. The van der Waals surface area contributed by atoms with Crippen molar-refractivity contribution in [2.45, 2.75) is 20.8 Å². The third-order valence-corrected chi connectivity index (χ3v) is 6.98. The van der Waals surface area contributed by atoms with E-state index in [0.717, 1.165) is 26.7 Å². The Morgan fingerprint density at radius 2 is 1.06 bits per heavy atom. The zero-order valence-corrected chi connectivity index (χ0v) is 28.4. The number of hydrogen-bond acceptors (Lipinski definition) is 9. The van der Waals surface area contributed by atoms with Gasteiger partial charge < -0.3 is 5.11 Å². The first-order valence-electron chi connectivity index (χ1n) is 14.1. The van der Waals surface area contributed by atoms with Gasteiger partial charge in [-0.1, -0.05) is 29.8 Å². The van der Waals surface area contributed by atoms with Gasteiger partial charge in [-0.25, -0.2) is 34.7 Å².